The molecule has 1 aromatic carbocycles. The lowest BCUT2D eigenvalue weighted by Crippen LogP contribution is -2.19. The zero-order valence-corrected chi connectivity index (χ0v) is 18.8. The van der Waals surface area contributed by atoms with Crippen molar-refractivity contribution >= 4 is 6.08 Å². The van der Waals surface area contributed by atoms with Crippen LogP contribution in [0, 0.1) is 6.92 Å². The molecule has 0 heterocycles. The molecule has 162 valence electrons. The van der Waals surface area contributed by atoms with Gasteiger partial charge in [-0.05, 0) is 60.3 Å². The Morgan fingerprint density at radius 2 is 1.55 bits per heavy atom. The quantitative estimate of drug-likeness (QED) is 0.346. The van der Waals surface area contributed by atoms with E-state index in [1.165, 1.54) is 25.4 Å². The fourth-order valence-electron chi connectivity index (χ4n) is 3.04. The lowest BCUT2D eigenvalue weighted by atomic mass is 9.95. The molecule has 0 aliphatic carbocycles. The number of aliphatic hydroxyl groups is 1. The van der Waals surface area contributed by atoms with Crippen molar-refractivity contribution in [1.29, 1.82) is 0 Å². The van der Waals surface area contributed by atoms with Gasteiger partial charge in [0.2, 0.25) is 11.5 Å². The molecule has 1 aromatic rings. The zero-order chi connectivity index (χ0) is 22.2. The Balaban J connectivity index is 2.91. The molecule has 1 atom stereocenters. The molecule has 0 aliphatic rings. The summed E-state index contributed by atoms with van der Waals surface area (Å²) in [6.45, 7) is 9.70. The van der Waals surface area contributed by atoms with E-state index >= 15 is 0 Å². The molecule has 0 saturated carbocycles. The number of ether oxygens (including phenoxy) is 2. The second kappa shape index (κ2) is 11.0. The number of aromatic hydroxyl groups is 2. The minimum atomic E-state index is -1.06. The Morgan fingerprint density at radius 3 is 2.10 bits per heavy atom. The summed E-state index contributed by atoms with van der Waals surface area (Å²) in [6.07, 6.45) is 11.0. The molecule has 29 heavy (non-hydrogen) atoms. The topological polar surface area (TPSA) is 79.2 Å². The third-order valence-corrected chi connectivity index (χ3v) is 4.90. The van der Waals surface area contributed by atoms with Crippen LogP contribution in [0.3, 0.4) is 0 Å². The second-order valence-corrected chi connectivity index (χ2v) is 7.90. The van der Waals surface area contributed by atoms with Gasteiger partial charge >= 0.3 is 0 Å². The van der Waals surface area contributed by atoms with Crippen LogP contribution < -0.4 is 9.47 Å². The third kappa shape index (κ3) is 7.17. The van der Waals surface area contributed by atoms with E-state index in [0.717, 1.165) is 19.3 Å². The van der Waals surface area contributed by atoms with Crippen molar-refractivity contribution in [1.82, 2.24) is 0 Å². The Kier molecular flexibility index (Phi) is 9.31. The summed E-state index contributed by atoms with van der Waals surface area (Å²) in [5.74, 6) is -0.0944. The van der Waals surface area contributed by atoms with Crippen LogP contribution in [0.2, 0.25) is 0 Å². The lowest BCUT2D eigenvalue weighted by molar-refractivity contribution is 0.104. The first kappa shape index (κ1) is 24.6. The molecule has 5 nitrogen and oxygen atoms in total. The number of phenolic OH excluding ortho intramolecular Hbond substituents is 2. The Morgan fingerprint density at radius 1 is 0.966 bits per heavy atom. The van der Waals surface area contributed by atoms with Crippen LogP contribution in [0.4, 0.5) is 0 Å². The van der Waals surface area contributed by atoms with Gasteiger partial charge in [-0.2, -0.15) is 0 Å². The van der Waals surface area contributed by atoms with Crippen molar-refractivity contribution in [2.24, 2.45) is 0 Å². The lowest BCUT2D eigenvalue weighted by Gasteiger charge is -2.19. The van der Waals surface area contributed by atoms with Crippen LogP contribution in [0.15, 0.2) is 29.4 Å². The number of methoxy groups -OCH3 is 2. The maximum atomic E-state index is 10.7. The van der Waals surface area contributed by atoms with Gasteiger partial charge in [-0.1, -0.05) is 35.5 Å². The van der Waals surface area contributed by atoms with E-state index in [9.17, 15) is 15.3 Å². The van der Waals surface area contributed by atoms with E-state index < -0.39 is 5.60 Å². The predicted molar refractivity (Wildman–Crippen MR) is 119 cm³/mol. The van der Waals surface area contributed by atoms with Crippen LogP contribution in [0.5, 0.6) is 23.0 Å². The van der Waals surface area contributed by atoms with Gasteiger partial charge in [0.1, 0.15) is 0 Å². The summed E-state index contributed by atoms with van der Waals surface area (Å²) in [4.78, 5) is 0. The highest BCUT2D eigenvalue weighted by molar-refractivity contribution is 5.74. The Labute approximate surface area is 175 Å². The molecule has 3 N–H and O–H groups in total. The minimum absolute atomic E-state index is 0.0600. The largest absolute Gasteiger partial charge is 0.504 e. The molecule has 0 spiro atoms. The van der Waals surface area contributed by atoms with Crippen LogP contribution in [-0.2, 0) is 0 Å². The summed E-state index contributed by atoms with van der Waals surface area (Å²) in [7, 11) is 2.79. The number of allylic oxidation sites excluding steroid dienone is 4. The molecule has 5 heteroatoms. The summed E-state index contributed by atoms with van der Waals surface area (Å²) < 4.78 is 10.3. The van der Waals surface area contributed by atoms with Gasteiger partial charge in [-0.25, -0.2) is 0 Å². The molecule has 0 saturated heterocycles. The highest BCUT2D eigenvalue weighted by atomic mass is 16.5. The highest BCUT2D eigenvalue weighted by Gasteiger charge is 2.23. The normalized spacial score (nSPS) is 14.0. The van der Waals surface area contributed by atoms with Gasteiger partial charge in [0.25, 0.3) is 0 Å². The van der Waals surface area contributed by atoms with E-state index in [1.807, 2.05) is 0 Å². The molecule has 0 amide bonds. The fourth-order valence-corrected chi connectivity index (χ4v) is 3.04. The standard InChI is InChI=1S/C24H36O5/c1-16(2)10-8-11-17(3)12-9-14-24(5,27)15-13-19-18(4)20(25)22(28-6)23(29-7)21(19)26/h10,12-13,15,25-27H,8-9,11,14H2,1-7H3. The predicted octanol–water partition coefficient (Wildman–Crippen LogP) is 5.66. The van der Waals surface area contributed by atoms with Gasteiger partial charge in [-0.15, -0.1) is 0 Å². The number of hydrogen-bond acceptors (Lipinski definition) is 5. The SMILES string of the molecule is COc1c(O)c(C)c(C=CC(C)(O)CCC=C(C)CCC=C(C)C)c(O)c1OC. The van der Waals surface area contributed by atoms with Crippen molar-refractivity contribution in [2.75, 3.05) is 14.2 Å². The number of benzene rings is 1. The summed E-state index contributed by atoms with van der Waals surface area (Å²) >= 11 is 0. The maximum Gasteiger partial charge on any atom is 0.207 e. The van der Waals surface area contributed by atoms with Gasteiger partial charge in [0.15, 0.2) is 11.5 Å². The van der Waals surface area contributed by atoms with Crippen LogP contribution in [0.1, 0.15) is 64.5 Å². The smallest absolute Gasteiger partial charge is 0.207 e. The first-order valence-corrected chi connectivity index (χ1v) is 9.91. The Hall–Kier alpha value is -2.40. The third-order valence-electron chi connectivity index (χ3n) is 4.90. The van der Waals surface area contributed by atoms with Gasteiger partial charge in [0, 0.05) is 11.1 Å². The van der Waals surface area contributed by atoms with E-state index in [0.29, 0.717) is 17.5 Å². The van der Waals surface area contributed by atoms with E-state index in [4.69, 9.17) is 9.47 Å². The average molecular weight is 405 g/mol. The molecule has 1 unspecified atom stereocenters. The molecule has 0 bridgehead atoms. The van der Waals surface area contributed by atoms with Gasteiger partial charge < -0.3 is 24.8 Å². The number of hydrogen-bond donors (Lipinski definition) is 3. The number of rotatable bonds is 10. The molecular formula is C24H36O5. The van der Waals surface area contributed by atoms with Crippen molar-refractivity contribution in [3.8, 4) is 23.0 Å². The maximum absolute atomic E-state index is 10.7. The first-order valence-electron chi connectivity index (χ1n) is 9.91. The monoisotopic (exact) mass is 404 g/mol. The molecule has 0 aromatic heterocycles. The van der Waals surface area contributed by atoms with E-state index in [1.54, 1.807) is 26.0 Å². The second-order valence-electron chi connectivity index (χ2n) is 7.90. The van der Waals surface area contributed by atoms with Gasteiger partial charge in [-0.3, -0.25) is 0 Å². The summed E-state index contributed by atoms with van der Waals surface area (Å²) in [6, 6.07) is 0. The molecule has 0 fully saturated rings. The molecular weight excluding hydrogens is 368 g/mol. The minimum Gasteiger partial charge on any atom is -0.504 e. The molecule has 0 radical (unpaired) electrons. The number of phenols is 2. The van der Waals surface area contributed by atoms with Crippen molar-refractivity contribution in [2.45, 2.75) is 65.9 Å². The van der Waals surface area contributed by atoms with Crippen molar-refractivity contribution < 1.29 is 24.8 Å². The van der Waals surface area contributed by atoms with E-state index in [-0.39, 0.29) is 23.0 Å². The van der Waals surface area contributed by atoms with Crippen molar-refractivity contribution in [3.05, 3.63) is 40.5 Å². The molecule has 1 rings (SSSR count). The Bertz CT molecular complexity index is 781. The fraction of sp³-hybridized carbons (Fsp3) is 0.500. The van der Waals surface area contributed by atoms with Gasteiger partial charge in [0.05, 0.1) is 19.8 Å². The van der Waals surface area contributed by atoms with Crippen molar-refractivity contribution in [3.63, 3.8) is 0 Å². The summed E-state index contributed by atoms with van der Waals surface area (Å²) in [5.41, 5.74) is 2.40. The van der Waals surface area contributed by atoms with E-state index in [2.05, 4.69) is 32.9 Å². The zero-order valence-electron chi connectivity index (χ0n) is 18.8. The van der Waals surface area contributed by atoms with Crippen LogP contribution in [-0.4, -0.2) is 35.1 Å². The average Bonchev–Trinajstić information content (AvgIpc) is 2.63. The molecule has 0 aliphatic heterocycles. The first-order chi connectivity index (χ1) is 13.5. The van der Waals surface area contributed by atoms with Crippen LogP contribution >= 0.6 is 0 Å². The van der Waals surface area contributed by atoms with Crippen LogP contribution in [0.25, 0.3) is 6.08 Å². The highest BCUT2D eigenvalue weighted by Crippen LogP contribution is 2.48. The summed E-state index contributed by atoms with van der Waals surface area (Å²) in [5, 5.41) is 31.5.